The number of ketones is 1. The van der Waals surface area contributed by atoms with Gasteiger partial charge in [-0.25, -0.2) is 4.79 Å². The van der Waals surface area contributed by atoms with Gasteiger partial charge in [-0.1, -0.05) is 42.0 Å². The number of methoxy groups -OCH3 is 1. The van der Waals surface area contributed by atoms with Crippen LogP contribution in [0.15, 0.2) is 42.0 Å². The fraction of sp³-hybridized carbons (Fsp3) is 0.450. The van der Waals surface area contributed by atoms with Gasteiger partial charge in [0.2, 0.25) is 0 Å². The number of fused-ring (bicyclic) bond motifs is 2. The number of esters is 1. The number of nitrogens with zero attached hydrogens (tertiary/aromatic N) is 1. The van der Waals surface area contributed by atoms with Gasteiger partial charge in [-0.3, -0.25) is 14.5 Å². The maximum atomic E-state index is 12.6. The molecule has 3 atom stereocenters. The van der Waals surface area contributed by atoms with Gasteiger partial charge in [0.1, 0.15) is 6.61 Å². The van der Waals surface area contributed by atoms with Crippen molar-refractivity contribution in [3.05, 3.63) is 47.5 Å². The first-order valence-electron chi connectivity index (χ1n) is 8.78. The highest BCUT2D eigenvalue weighted by molar-refractivity contribution is 5.93. The van der Waals surface area contributed by atoms with Crippen molar-refractivity contribution >= 4 is 17.8 Å². The van der Waals surface area contributed by atoms with Crippen LogP contribution < -0.4 is 0 Å². The first-order valence-corrected chi connectivity index (χ1v) is 8.78. The van der Waals surface area contributed by atoms with E-state index in [9.17, 15) is 14.4 Å². The molecule has 1 aliphatic heterocycles. The molecule has 138 valence electrons. The average Bonchev–Trinajstić information content (AvgIpc) is 2.68. The van der Waals surface area contributed by atoms with Crippen molar-refractivity contribution in [1.29, 1.82) is 0 Å². The highest BCUT2D eigenvalue weighted by Gasteiger charge is 2.49. The van der Waals surface area contributed by atoms with Gasteiger partial charge in [0.15, 0.2) is 5.78 Å². The molecule has 1 amide bonds. The van der Waals surface area contributed by atoms with Crippen molar-refractivity contribution in [3.8, 4) is 0 Å². The number of hydrogen-bond acceptors (Lipinski definition) is 5. The number of carbonyl (C=O) groups excluding carboxylic acids is 3. The molecule has 1 saturated heterocycles. The second-order valence-corrected chi connectivity index (χ2v) is 6.69. The smallest absolute Gasteiger partial charge is 0.411 e. The van der Waals surface area contributed by atoms with E-state index in [0.717, 1.165) is 11.1 Å². The maximum Gasteiger partial charge on any atom is 0.411 e. The molecule has 0 N–H and O–H groups in total. The predicted octanol–water partition coefficient (Wildman–Crippen LogP) is 2.72. The minimum Gasteiger partial charge on any atom is -0.469 e. The van der Waals surface area contributed by atoms with Gasteiger partial charge in [-0.15, -0.1) is 0 Å². The highest BCUT2D eigenvalue weighted by atomic mass is 16.6. The number of benzene rings is 1. The Bertz CT molecular complexity index is 727. The second-order valence-electron chi connectivity index (χ2n) is 6.69. The SMILES string of the molecule is C/C=C1\CN(C(=O)OCc2ccccc2)[C@H]2C[C@@H]1[C@@H](C(=O)OC)CC2=O. The van der Waals surface area contributed by atoms with Crippen LogP contribution in [0.1, 0.15) is 25.3 Å². The van der Waals surface area contributed by atoms with Crippen LogP contribution in [0.25, 0.3) is 0 Å². The van der Waals surface area contributed by atoms with Crippen molar-refractivity contribution < 1.29 is 23.9 Å². The van der Waals surface area contributed by atoms with Crippen LogP contribution in [0, 0.1) is 11.8 Å². The lowest BCUT2D eigenvalue weighted by Crippen LogP contribution is -2.56. The molecule has 2 aliphatic rings. The standard InChI is InChI=1S/C20H23NO5/c1-3-14-11-21(20(24)26-12-13-7-5-4-6-8-13)17-9-15(14)16(10-18(17)22)19(23)25-2/h3-8,15-17H,9-12H2,1-2H3/b14-3+/t15-,16-,17-/m0/s1. The molecule has 6 nitrogen and oxygen atoms in total. The molecule has 26 heavy (non-hydrogen) atoms. The predicted molar refractivity (Wildman–Crippen MR) is 94.1 cm³/mol. The summed E-state index contributed by atoms with van der Waals surface area (Å²) < 4.78 is 10.3. The maximum absolute atomic E-state index is 12.6. The van der Waals surface area contributed by atoms with Crippen LogP contribution >= 0.6 is 0 Å². The first kappa shape index (κ1) is 18.2. The number of allylic oxidation sites excluding steroid dienone is 1. The summed E-state index contributed by atoms with van der Waals surface area (Å²) in [5, 5.41) is 0. The van der Waals surface area contributed by atoms with Crippen molar-refractivity contribution in [2.45, 2.75) is 32.4 Å². The molecule has 0 radical (unpaired) electrons. The van der Waals surface area contributed by atoms with E-state index >= 15 is 0 Å². The fourth-order valence-electron chi connectivity index (χ4n) is 3.86. The van der Waals surface area contributed by atoms with Gasteiger partial charge in [0.05, 0.1) is 19.1 Å². The molecule has 0 spiro atoms. The zero-order valence-electron chi connectivity index (χ0n) is 15.0. The van der Waals surface area contributed by atoms with E-state index in [1.807, 2.05) is 43.3 Å². The summed E-state index contributed by atoms with van der Waals surface area (Å²) in [5.41, 5.74) is 1.86. The number of Topliss-reactive ketones (excluding diaryl/α,β-unsaturated/α-hetero) is 1. The molecule has 1 saturated carbocycles. The molecule has 1 heterocycles. The fourth-order valence-corrected chi connectivity index (χ4v) is 3.86. The van der Waals surface area contributed by atoms with Crippen LogP contribution in [-0.4, -0.2) is 42.4 Å². The molecule has 1 aromatic rings. The zero-order chi connectivity index (χ0) is 18.7. The van der Waals surface area contributed by atoms with E-state index in [0.29, 0.717) is 13.0 Å². The second kappa shape index (κ2) is 7.72. The van der Waals surface area contributed by atoms with Crippen molar-refractivity contribution in [2.75, 3.05) is 13.7 Å². The molecule has 6 heteroatoms. The normalized spacial score (nSPS) is 26.5. The molecule has 1 aliphatic carbocycles. The summed E-state index contributed by atoms with van der Waals surface area (Å²) >= 11 is 0. The quantitative estimate of drug-likeness (QED) is 0.614. The Hall–Kier alpha value is -2.63. The van der Waals surface area contributed by atoms with E-state index in [1.165, 1.54) is 12.0 Å². The Morgan fingerprint density at radius 3 is 2.65 bits per heavy atom. The summed E-state index contributed by atoms with van der Waals surface area (Å²) in [7, 11) is 1.34. The number of amides is 1. The van der Waals surface area contributed by atoms with Gasteiger partial charge in [0, 0.05) is 13.0 Å². The number of hydrogen-bond donors (Lipinski definition) is 0. The number of ether oxygens (including phenoxy) is 2. The third-order valence-corrected chi connectivity index (χ3v) is 5.28. The number of rotatable bonds is 3. The molecule has 1 aromatic carbocycles. The Morgan fingerprint density at radius 1 is 1.27 bits per heavy atom. The highest BCUT2D eigenvalue weighted by Crippen LogP contribution is 2.41. The Kier molecular flexibility index (Phi) is 5.40. The third kappa shape index (κ3) is 3.49. The van der Waals surface area contributed by atoms with Crippen LogP contribution in [0.2, 0.25) is 0 Å². The Labute approximate surface area is 152 Å². The van der Waals surface area contributed by atoms with Gasteiger partial charge >= 0.3 is 12.1 Å². The summed E-state index contributed by atoms with van der Waals surface area (Å²) in [6.07, 6.45) is 1.96. The molecule has 0 aromatic heterocycles. The Morgan fingerprint density at radius 2 is 2.00 bits per heavy atom. The minimum absolute atomic E-state index is 0.0617. The third-order valence-electron chi connectivity index (χ3n) is 5.28. The van der Waals surface area contributed by atoms with Crippen molar-refractivity contribution in [1.82, 2.24) is 4.90 Å². The number of piperidine rings is 1. The van der Waals surface area contributed by atoms with E-state index in [4.69, 9.17) is 9.47 Å². The molecule has 3 rings (SSSR count). The molecule has 2 fully saturated rings. The van der Waals surface area contributed by atoms with Gasteiger partial charge in [-0.05, 0) is 24.8 Å². The monoisotopic (exact) mass is 357 g/mol. The summed E-state index contributed by atoms with van der Waals surface area (Å²) in [5.74, 6) is -0.990. The number of likely N-dealkylation sites (tertiary alicyclic amines) is 1. The lowest BCUT2D eigenvalue weighted by Gasteiger charge is -2.45. The molecular weight excluding hydrogens is 334 g/mol. The largest absolute Gasteiger partial charge is 0.469 e. The number of carbonyl (C=O) groups is 3. The molecule has 0 unspecified atom stereocenters. The van der Waals surface area contributed by atoms with Gasteiger partial charge in [-0.2, -0.15) is 0 Å². The minimum atomic E-state index is -0.534. The lowest BCUT2D eigenvalue weighted by molar-refractivity contribution is -0.152. The van der Waals surface area contributed by atoms with E-state index < -0.39 is 18.1 Å². The Balaban J connectivity index is 1.73. The first-order chi connectivity index (χ1) is 12.5. The molecular formula is C20H23NO5. The van der Waals surface area contributed by atoms with E-state index in [1.54, 1.807) is 0 Å². The van der Waals surface area contributed by atoms with Gasteiger partial charge in [0.25, 0.3) is 0 Å². The zero-order valence-corrected chi connectivity index (χ0v) is 15.0. The van der Waals surface area contributed by atoms with Crippen molar-refractivity contribution in [3.63, 3.8) is 0 Å². The molecule has 2 bridgehead atoms. The summed E-state index contributed by atoms with van der Waals surface area (Å²) in [6, 6.07) is 8.88. The topological polar surface area (TPSA) is 72.9 Å². The summed E-state index contributed by atoms with van der Waals surface area (Å²) in [4.78, 5) is 38.7. The van der Waals surface area contributed by atoms with Crippen LogP contribution in [-0.2, 0) is 25.7 Å². The van der Waals surface area contributed by atoms with E-state index in [2.05, 4.69) is 0 Å². The van der Waals surface area contributed by atoms with Crippen LogP contribution in [0.4, 0.5) is 4.79 Å². The van der Waals surface area contributed by atoms with Gasteiger partial charge < -0.3 is 9.47 Å². The lowest BCUT2D eigenvalue weighted by atomic mass is 9.69. The van der Waals surface area contributed by atoms with Crippen LogP contribution in [0.5, 0.6) is 0 Å². The summed E-state index contributed by atoms with van der Waals surface area (Å²) in [6.45, 7) is 2.35. The van der Waals surface area contributed by atoms with E-state index in [-0.39, 0.29) is 30.7 Å². The van der Waals surface area contributed by atoms with Crippen molar-refractivity contribution in [2.24, 2.45) is 11.8 Å². The average molecular weight is 357 g/mol. The van der Waals surface area contributed by atoms with Crippen LogP contribution in [0.3, 0.4) is 0 Å².